The van der Waals surface area contributed by atoms with Gasteiger partial charge in [-0.25, -0.2) is 0 Å². The summed E-state index contributed by atoms with van der Waals surface area (Å²) < 4.78 is 0. The van der Waals surface area contributed by atoms with Gasteiger partial charge in [-0.3, -0.25) is 4.79 Å². The third-order valence-corrected chi connectivity index (χ3v) is 3.63. The summed E-state index contributed by atoms with van der Waals surface area (Å²) in [4.78, 5) is 11.4. The summed E-state index contributed by atoms with van der Waals surface area (Å²) >= 11 is 1.39. The summed E-state index contributed by atoms with van der Waals surface area (Å²) in [6, 6.07) is 12.0. The maximum Gasteiger partial charge on any atom is 0.230 e. The van der Waals surface area contributed by atoms with Gasteiger partial charge in [-0.05, 0) is 26.0 Å². The molecule has 0 spiro atoms. The van der Waals surface area contributed by atoms with Crippen molar-refractivity contribution < 1.29 is 4.79 Å². The molecule has 0 atom stereocenters. The first-order valence-electron chi connectivity index (χ1n) is 6.49. The van der Waals surface area contributed by atoms with E-state index >= 15 is 0 Å². The first-order chi connectivity index (χ1) is 9.69. The van der Waals surface area contributed by atoms with E-state index in [0.29, 0.717) is 12.3 Å². The fourth-order valence-corrected chi connectivity index (χ4v) is 2.31. The van der Waals surface area contributed by atoms with Crippen molar-refractivity contribution in [2.75, 3.05) is 12.3 Å². The minimum Gasteiger partial charge on any atom is -0.356 e. The van der Waals surface area contributed by atoms with Gasteiger partial charge in [0.2, 0.25) is 5.91 Å². The predicted octanol–water partition coefficient (Wildman–Crippen LogP) is 2.68. The molecule has 0 aliphatic rings. The maximum atomic E-state index is 11.4. The normalized spacial score (nSPS) is 10.3. The quantitative estimate of drug-likeness (QED) is 0.859. The molecule has 2 aromatic rings. The smallest absolute Gasteiger partial charge is 0.230 e. The summed E-state index contributed by atoms with van der Waals surface area (Å²) in [7, 11) is 0. The van der Waals surface area contributed by atoms with Gasteiger partial charge in [-0.1, -0.05) is 41.6 Å². The van der Waals surface area contributed by atoms with Crippen molar-refractivity contribution in [3.05, 3.63) is 42.0 Å². The molecule has 1 aromatic heterocycles. The van der Waals surface area contributed by atoms with Crippen molar-refractivity contribution >= 4 is 17.7 Å². The zero-order valence-corrected chi connectivity index (χ0v) is 12.4. The number of carbonyl (C=O) groups is 1. The van der Waals surface area contributed by atoms with E-state index in [1.54, 1.807) is 0 Å². The van der Waals surface area contributed by atoms with Crippen molar-refractivity contribution in [3.8, 4) is 11.3 Å². The lowest BCUT2D eigenvalue weighted by molar-refractivity contribution is -0.118. The van der Waals surface area contributed by atoms with Crippen molar-refractivity contribution in [1.29, 1.82) is 0 Å². The van der Waals surface area contributed by atoms with Crippen LogP contribution in [0.3, 0.4) is 0 Å². The number of benzene rings is 1. The van der Waals surface area contributed by atoms with Crippen molar-refractivity contribution in [2.24, 2.45) is 0 Å². The first kappa shape index (κ1) is 14.5. The molecule has 0 aliphatic heterocycles. The Morgan fingerprint density at radius 2 is 1.90 bits per heavy atom. The van der Waals surface area contributed by atoms with Crippen molar-refractivity contribution in [1.82, 2.24) is 15.5 Å². The lowest BCUT2D eigenvalue weighted by Gasteiger charge is -2.03. The molecule has 1 aromatic carbocycles. The zero-order chi connectivity index (χ0) is 14.4. The highest BCUT2D eigenvalue weighted by atomic mass is 32.2. The fourth-order valence-electron chi connectivity index (χ4n) is 1.66. The zero-order valence-electron chi connectivity index (χ0n) is 11.6. The topological polar surface area (TPSA) is 54.9 Å². The molecule has 4 nitrogen and oxygen atoms in total. The molecule has 5 heteroatoms. The highest BCUT2D eigenvalue weighted by Gasteiger charge is 2.04. The van der Waals surface area contributed by atoms with Crippen LogP contribution in [0.5, 0.6) is 0 Å². The van der Waals surface area contributed by atoms with Crippen LogP contribution >= 0.6 is 11.8 Å². The number of nitrogens with zero attached hydrogens (tertiary/aromatic N) is 2. The lowest BCUT2D eigenvalue weighted by Crippen LogP contribution is -2.24. The van der Waals surface area contributed by atoms with E-state index < -0.39 is 0 Å². The van der Waals surface area contributed by atoms with E-state index in [4.69, 9.17) is 0 Å². The third kappa shape index (κ3) is 4.06. The molecule has 0 bridgehead atoms. The number of nitrogens with one attached hydrogen (secondary N) is 1. The molecule has 0 aliphatic carbocycles. The number of aromatic nitrogens is 2. The van der Waals surface area contributed by atoms with Crippen LogP contribution in [-0.2, 0) is 4.79 Å². The fraction of sp³-hybridized carbons (Fsp3) is 0.267. The van der Waals surface area contributed by atoms with Gasteiger partial charge in [0.05, 0.1) is 11.4 Å². The van der Waals surface area contributed by atoms with Gasteiger partial charge in [-0.15, -0.1) is 10.2 Å². The molecular formula is C15H17N3OS. The molecule has 0 unspecified atom stereocenters. The van der Waals surface area contributed by atoms with Crippen LogP contribution in [0.25, 0.3) is 11.3 Å². The molecule has 1 N–H and O–H groups in total. The number of aryl methyl sites for hydroxylation is 1. The Bertz CT molecular complexity index is 567. The van der Waals surface area contributed by atoms with E-state index in [-0.39, 0.29) is 5.91 Å². The second-order valence-corrected chi connectivity index (χ2v) is 5.36. The Hall–Kier alpha value is -1.88. The summed E-state index contributed by atoms with van der Waals surface area (Å²) in [5.41, 5.74) is 3.10. The van der Waals surface area contributed by atoms with Gasteiger partial charge in [0, 0.05) is 12.1 Å². The third-order valence-electron chi connectivity index (χ3n) is 2.71. The van der Waals surface area contributed by atoms with E-state index in [1.165, 1.54) is 17.3 Å². The summed E-state index contributed by atoms with van der Waals surface area (Å²) in [5.74, 6) is 0.383. The van der Waals surface area contributed by atoms with Gasteiger partial charge in [0.1, 0.15) is 5.03 Å². The standard InChI is InChI=1S/C15H17N3OS/c1-3-16-14(19)10-20-15-9-8-13(17-18-15)12-6-4-11(2)5-7-12/h4-9H,3,10H2,1-2H3,(H,16,19). The summed E-state index contributed by atoms with van der Waals surface area (Å²) in [5, 5.41) is 11.8. The van der Waals surface area contributed by atoms with Crippen LogP contribution in [0.15, 0.2) is 41.4 Å². The Balaban J connectivity index is 1.99. The number of thioether (sulfide) groups is 1. The van der Waals surface area contributed by atoms with Crippen LogP contribution in [0.2, 0.25) is 0 Å². The average molecular weight is 287 g/mol. The van der Waals surface area contributed by atoms with Crippen LogP contribution in [0.4, 0.5) is 0 Å². The average Bonchev–Trinajstić information content (AvgIpc) is 2.47. The van der Waals surface area contributed by atoms with Crippen LogP contribution in [0, 0.1) is 6.92 Å². The Morgan fingerprint density at radius 3 is 2.50 bits per heavy atom. The van der Waals surface area contributed by atoms with Gasteiger partial charge in [0.25, 0.3) is 0 Å². The van der Waals surface area contributed by atoms with E-state index in [0.717, 1.165) is 16.3 Å². The summed E-state index contributed by atoms with van der Waals surface area (Å²) in [6.07, 6.45) is 0. The van der Waals surface area contributed by atoms with Crippen LogP contribution in [0.1, 0.15) is 12.5 Å². The van der Waals surface area contributed by atoms with Crippen LogP contribution < -0.4 is 5.32 Å². The van der Waals surface area contributed by atoms with E-state index in [1.807, 2.05) is 31.2 Å². The minimum absolute atomic E-state index is 0.0157. The highest BCUT2D eigenvalue weighted by molar-refractivity contribution is 7.99. The second-order valence-electron chi connectivity index (χ2n) is 4.37. The van der Waals surface area contributed by atoms with E-state index in [9.17, 15) is 4.79 Å². The Labute approximate surface area is 123 Å². The number of amides is 1. The monoisotopic (exact) mass is 287 g/mol. The number of rotatable bonds is 5. The van der Waals surface area contributed by atoms with Gasteiger partial charge in [0.15, 0.2) is 0 Å². The largest absolute Gasteiger partial charge is 0.356 e. The SMILES string of the molecule is CCNC(=O)CSc1ccc(-c2ccc(C)cc2)nn1. The molecule has 1 amide bonds. The summed E-state index contributed by atoms with van der Waals surface area (Å²) in [6.45, 7) is 4.60. The lowest BCUT2D eigenvalue weighted by atomic mass is 10.1. The molecule has 1 heterocycles. The van der Waals surface area contributed by atoms with Gasteiger partial charge >= 0.3 is 0 Å². The minimum atomic E-state index is 0.0157. The molecule has 0 saturated heterocycles. The van der Waals surface area contributed by atoms with Gasteiger partial charge < -0.3 is 5.32 Å². The molecule has 104 valence electrons. The Kier molecular flexibility index (Phi) is 5.12. The van der Waals surface area contributed by atoms with Crippen molar-refractivity contribution in [2.45, 2.75) is 18.9 Å². The van der Waals surface area contributed by atoms with E-state index in [2.05, 4.69) is 34.6 Å². The van der Waals surface area contributed by atoms with Crippen molar-refractivity contribution in [3.63, 3.8) is 0 Å². The predicted molar refractivity (Wildman–Crippen MR) is 81.6 cm³/mol. The first-order valence-corrected chi connectivity index (χ1v) is 7.48. The number of hydrogen-bond donors (Lipinski definition) is 1. The molecule has 20 heavy (non-hydrogen) atoms. The van der Waals surface area contributed by atoms with Gasteiger partial charge in [-0.2, -0.15) is 0 Å². The highest BCUT2D eigenvalue weighted by Crippen LogP contribution is 2.19. The van der Waals surface area contributed by atoms with Crippen LogP contribution in [-0.4, -0.2) is 28.4 Å². The number of carbonyl (C=O) groups excluding carboxylic acids is 1. The Morgan fingerprint density at radius 1 is 1.15 bits per heavy atom. The molecular weight excluding hydrogens is 270 g/mol. The second kappa shape index (κ2) is 7.05. The maximum absolute atomic E-state index is 11.4. The molecule has 0 saturated carbocycles. The molecule has 0 fully saturated rings. The molecule has 0 radical (unpaired) electrons. The number of hydrogen-bond acceptors (Lipinski definition) is 4. The molecule has 2 rings (SSSR count).